The highest BCUT2D eigenvalue weighted by Gasteiger charge is 2.00. The van der Waals surface area contributed by atoms with Crippen LogP contribution < -0.4 is 5.32 Å². The summed E-state index contributed by atoms with van der Waals surface area (Å²) in [5.74, 6) is 0. The molecule has 0 atom stereocenters. The smallest absolute Gasteiger partial charge is 0.0370 e. The molecule has 1 rings (SSSR count). The van der Waals surface area contributed by atoms with Crippen molar-refractivity contribution in [3.8, 4) is 0 Å². The number of aliphatic hydroxyl groups is 1. The molecule has 2 heteroatoms. The van der Waals surface area contributed by atoms with Gasteiger partial charge in [-0.1, -0.05) is 6.07 Å². The van der Waals surface area contributed by atoms with Crippen molar-refractivity contribution in [1.29, 1.82) is 0 Å². The summed E-state index contributed by atoms with van der Waals surface area (Å²) < 4.78 is 0. The summed E-state index contributed by atoms with van der Waals surface area (Å²) in [4.78, 5) is 0. The molecule has 0 amide bonds. The topological polar surface area (TPSA) is 32.3 Å². The SMILES string of the molecule is CNc1ccc(C)c(C)c1C.CO. The zero-order valence-electron chi connectivity index (χ0n) is 9.10. The largest absolute Gasteiger partial charge is 0.400 e. The number of hydrogen-bond acceptors (Lipinski definition) is 2. The fourth-order valence-electron chi connectivity index (χ4n) is 1.23. The first-order valence-electron chi connectivity index (χ1n) is 4.36. The van der Waals surface area contributed by atoms with Gasteiger partial charge in [-0.05, 0) is 43.5 Å². The second kappa shape index (κ2) is 5.60. The van der Waals surface area contributed by atoms with E-state index in [4.69, 9.17) is 5.11 Å². The van der Waals surface area contributed by atoms with E-state index in [0.717, 1.165) is 7.11 Å². The van der Waals surface area contributed by atoms with Crippen LogP contribution in [0.5, 0.6) is 0 Å². The maximum absolute atomic E-state index is 7.00. The summed E-state index contributed by atoms with van der Waals surface area (Å²) in [7, 11) is 2.96. The van der Waals surface area contributed by atoms with Gasteiger partial charge in [0.2, 0.25) is 0 Å². The Morgan fingerprint density at radius 1 is 1.00 bits per heavy atom. The average molecular weight is 181 g/mol. The van der Waals surface area contributed by atoms with Crippen LogP contribution in [0.2, 0.25) is 0 Å². The quantitative estimate of drug-likeness (QED) is 0.696. The Labute approximate surface area is 80.6 Å². The Morgan fingerprint density at radius 3 is 2.00 bits per heavy atom. The van der Waals surface area contributed by atoms with Gasteiger partial charge in [-0.2, -0.15) is 0 Å². The third-order valence-electron chi connectivity index (χ3n) is 2.33. The van der Waals surface area contributed by atoms with Crippen molar-refractivity contribution in [3.63, 3.8) is 0 Å². The number of benzene rings is 1. The van der Waals surface area contributed by atoms with Crippen LogP contribution in [0.15, 0.2) is 12.1 Å². The van der Waals surface area contributed by atoms with E-state index in [1.165, 1.54) is 22.4 Å². The summed E-state index contributed by atoms with van der Waals surface area (Å²) >= 11 is 0. The van der Waals surface area contributed by atoms with Crippen LogP contribution in [-0.2, 0) is 0 Å². The molecule has 0 saturated heterocycles. The number of aryl methyl sites for hydroxylation is 1. The summed E-state index contributed by atoms with van der Waals surface area (Å²) in [6.07, 6.45) is 0. The number of anilines is 1. The van der Waals surface area contributed by atoms with E-state index >= 15 is 0 Å². The van der Waals surface area contributed by atoms with Crippen molar-refractivity contribution in [3.05, 3.63) is 28.8 Å². The number of aliphatic hydroxyl groups excluding tert-OH is 1. The summed E-state index contributed by atoms with van der Waals surface area (Å²) in [5, 5.41) is 10.2. The maximum atomic E-state index is 7.00. The minimum Gasteiger partial charge on any atom is -0.400 e. The number of rotatable bonds is 1. The Balaban J connectivity index is 0.000000671. The van der Waals surface area contributed by atoms with Crippen molar-refractivity contribution < 1.29 is 5.11 Å². The molecular weight excluding hydrogens is 162 g/mol. The minimum atomic E-state index is 1.00. The van der Waals surface area contributed by atoms with Crippen molar-refractivity contribution in [2.24, 2.45) is 0 Å². The monoisotopic (exact) mass is 181 g/mol. The highest BCUT2D eigenvalue weighted by Crippen LogP contribution is 2.20. The predicted molar refractivity (Wildman–Crippen MR) is 58.3 cm³/mol. The Kier molecular flexibility index (Phi) is 5.16. The van der Waals surface area contributed by atoms with E-state index in [1.54, 1.807) is 0 Å². The molecular formula is C11H19NO. The van der Waals surface area contributed by atoms with Crippen molar-refractivity contribution in [2.45, 2.75) is 20.8 Å². The van der Waals surface area contributed by atoms with Crippen LogP contribution in [0.4, 0.5) is 5.69 Å². The van der Waals surface area contributed by atoms with Crippen LogP contribution in [-0.4, -0.2) is 19.3 Å². The molecule has 0 unspecified atom stereocenters. The Morgan fingerprint density at radius 2 is 1.54 bits per heavy atom. The first kappa shape index (κ1) is 12.0. The van der Waals surface area contributed by atoms with Gasteiger partial charge in [-0.25, -0.2) is 0 Å². The molecule has 0 bridgehead atoms. The van der Waals surface area contributed by atoms with Gasteiger partial charge in [0.15, 0.2) is 0 Å². The van der Waals surface area contributed by atoms with E-state index < -0.39 is 0 Å². The van der Waals surface area contributed by atoms with E-state index in [-0.39, 0.29) is 0 Å². The molecule has 2 nitrogen and oxygen atoms in total. The Bertz CT molecular complexity index is 269. The van der Waals surface area contributed by atoms with Gasteiger partial charge >= 0.3 is 0 Å². The Hall–Kier alpha value is -1.02. The molecule has 13 heavy (non-hydrogen) atoms. The van der Waals surface area contributed by atoms with Gasteiger partial charge in [0.25, 0.3) is 0 Å². The molecule has 0 saturated carbocycles. The molecule has 0 radical (unpaired) electrons. The fourth-order valence-corrected chi connectivity index (χ4v) is 1.23. The van der Waals surface area contributed by atoms with Gasteiger partial charge in [-0.3, -0.25) is 0 Å². The van der Waals surface area contributed by atoms with Crippen LogP contribution in [0, 0.1) is 20.8 Å². The molecule has 0 fully saturated rings. The summed E-state index contributed by atoms with van der Waals surface area (Å²) in [5.41, 5.74) is 5.33. The summed E-state index contributed by atoms with van der Waals surface area (Å²) in [6.45, 7) is 6.45. The highest BCUT2D eigenvalue weighted by molar-refractivity contribution is 5.55. The van der Waals surface area contributed by atoms with Gasteiger partial charge in [0.05, 0.1) is 0 Å². The number of nitrogens with one attached hydrogen (secondary N) is 1. The number of hydrogen-bond donors (Lipinski definition) is 2. The van der Waals surface area contributed by atoms with Crippen molar-refractivity contribution in [1.82, 2.24) is 0 Å². The first-order chi connectivity index (χ1) is 6.16. The lowest BCUT2D eigenvalue weighted by Gasteiger charge is -2.09. The fraction of sp³-hybridized carbons (Fsp3) is 0.455. The maximum Gasteiger partial charge on any atom is 0.0370 e. The molecule has 0 aliphatic heterocycles. The van der Waals surface area contributed by atoms with Gasteiger partial charge in [0, 0.05) is 19.8 Å². The lowest BCUT2D eigenvalue weighted by atomic mass is 10.0. The van der Waals surface area contributed by atoms with Gasteiger partial charge < -0.3 is 10.4 Å². The lowest BCUT2D eigenvalue weighted by Crippen LogP contribution is -1.95. The molecule has 0 aliphatic carbocycles. The van der Waals surface area contributed by atoms with E-state index in [9.17, 15) is 0 Å². The molecule has 0 aromatic heterocycles. The van der Waals surface area contributed by atoms with Crippen molar-refractivity contribution in [2.75, 3.05) is 19.5 Å². The highest BCUT2D eigenvalue weighted by atomic mass is 16.2. The molecule has 1 aromatic carbocycles. The third-order valence-corrected chi connectivity index (χ3v) is 2.33. The van der Waals surface area contributed by atoms with Crippen LogP contribution in [0.3, 0.4) is 0 Å². The zero-order valence-corrected chi connectivity index (χ0v) is 9.10. The van der Waals surface area contributed by atoms with Gasteiger partial charge in [0.1, 0.15) is 0 Å². The van der Waals surface area contributed by atoms with Gasteiger partial charge in [-0.15, -0.1) is 0 Å². The van der Waals surface area contributed by atoms with Crippen LogP contribution >= 0.6 is 0 Å². The van der Waals surface area contributed by atoms with E-state index in [2.05, 4.69) is 38.2 Å². The average Bonchev–Trinajstić information content (AvgIpc) is 2.18. The normalized spacial score (nSPS) is 8.77. The standard InChI is InChI=1S/C10H15N.CH4O/c1-7-5-6-10(11-4)9(3)8(7)2;1-2/h5-6,11H,1-4H3;2H,1H3. The molecule has 0 aliphatic rings. The minimum absolute atomic E-state index is 1.00. The zero-order chi connectivity index (χ0) is 10.4. The molecule has 74 valence electrons. The third kappa shape index (κ3) is 2.74. The lowest BCUT2D eigenvalue weighted by molar-refractivity contribution is 0.399. The van der Waals surface area contributed by atoms with Crippen molar-refractivity contribution >= 4 is 5.69 Å². The first-order valence-corrected chi connectivity index (χ1v) is 4.36. The second-order valence-corrected chi connectivity index (χ2v) is 2.93. The molecule has 1 aromatic rings. The van der Waals surface area contributed by atoms with Crippen LogP contribution in [0.1, 0.15) is 16.7 Å². The van der Waals surface area contributed by atoms with E-state index in [0.29, 0.717) is 0 Å². The van der Waals surface area contributed by atoms with Crippen LogP contribution in [0.25, 0.3) is 0 Å². The summed E-state index contributed by atoms with van der Waals surface area (Å²) in [6, 6.07) is 4.27. The molecule has 2 N–H and O–H groups in total. The second-order valence-electron chi connectivity index (χ2n) is 2.93. The van der Waals surface area contributed by atoms with E-state index in [1.807, 2.05) is 7.05 Å². The predicted octanol–water partition coefficient (Wildman–Crippen LogP) is 2.26. The molecule has 0 heterocycles. The molecule has 0 spiro atoms.